The zero-order chi connectivity index (χ0) is 22.3. The van der Waals surface area contributed by atoms with Crippen molar-refractivity contribution in [3.8, 4) is 22.6 Å². The molecule has 0 unspecified atom stereocenters. The van der Waals surface area contributed by atoms with Crippen molar-refractivity contribution in [3.05, 3.63) is 93.3 Å². The van der Waals surface area contributed by atoms with Crippen LogP contribution < -0.4 is 10.1 Å². The molecule has 164 valence electrons. The molecular formula is C26H27IN4O. The standard InChI is InChI=1S/C26H27IN4O/c1-3-28-17-16-25-26(31(30-29-25)23-12-10-22(27)11-13-23)18-19-4-6-20(7-5-19)21-8-14-24(32-2)15-9-21/h4-15,28H,3,16-18H2,1-2H3. The van der Waals surface area contributed by atoms with E-state index in [2.05, 4.69) is 106 Å². The maximum absolute atomic E-state index is 5.26. The molecule has 0 saturated carbocycles. The highest BCUT2D eigenvalue weighted by Gasteiger charge is 2.15. The molecule has 32 heavy (non-hydrogen) atoms. The van der Waals surface area contributed by atoms with Crippen LogP contribution in [0.4, 0.5) is 0 Å². The van der Waals surface area contributed by atoms with E-state index in [1.807, 2.05) is 16.8 Å². The van der Waals surface area contributed by atoms with E-state index in [-0.39, 0.29) is 0 Å². The number of aromatic nitrogens is 3. The number of likely N-dealkylation sites (N-methyl/N-ethyl adjacent to an activating group) is 1. The summed E-state index contributed by atoms with van der Waals surface area (Å²) in [5, 5.41) is 12.4. The third kappa shape index (κ3) is 5.37. The quantitative estimate of drug-likeness (QED) is 0.233. The van der Waals surface area contributed by atoms with E-state index in [4.69, 9.17) is 4.74 Å². The van der Waals surface area contributed by atoms with Gasteiger partial charge in [-0.15, -0.1) is 5.10 Å². The van der Waals surface area contributed by atoms with Crippen molar-refractivity contribution in [2.75, 3.05) is 20.2 Å². The van der Waals surface area contributed by atoms with Crippen molar-refractivity contribution >= 4 is 22.6 Å². The van der Waals surface area contributed by atoms with Crippen LogP contribution >= 0.6 is 22.6 Å². The predicted octanol–water partition coefficient (Wildman–Crippen LogP) is 5.29. The molecule has 0 amide bonds. The number of methoxy groups -OCH3 is 1. The summed E-state index contributed by atoms with van der Waals surface area (Å²) < 4.78 is 8.45. The highest BCUT2D eigenvalue weighted by Crippen LogP contribution is 2.24. The number of benzene rings is 3. The summed E-state index contributed by atoms with van der Waals surface area (Å²) in [7, 11) is 1.69. The van der Waals surface area contributed by atoms with Gasteiger partial charge in [0.25, 0.3) is 0 Å². The molecule has 3 aromatic carbocycles. The zero-order valence-corrected chi connectivity index (χ0v) is 20.5. The van der Waals surface area contributed by atoms with Crippen LogP contribution in [0.15, 0.2) is 72.8 Å². The first kappa shape index (κ1) is 22.5. The molecule has 0 aliphatic heterocycles. The first-order valence-corrected chi connectivity index (χ1v) is 11.9. The summed E-state index contributed by atoms with van der Waals surface area (Å²) in [6.07, 6.45) is 1.64. The molecule has 6 heteroatoms. The van der Waals surface area contributed by atoms with Gasteiger partial charge < -0.3 is 10.1 Å². The highest BCUT2D eigenvalue weighted by molar-refractivity contribution is 14.1. The Bertz CT molecular complexity index is 1140. The molecule has 1 N–H and O–H groups in total. The monoisotopic (exact) mass is 538 g/mol. The SMILES string of the molecule is CCNCCc1nnn(-c2ccc(I)cc2)c1Cc1ccc(-c2ccc(OC)cc2)cc1. The lowest BCUT2D eigenvalue weighted by Gasteiger charge is -2.10. The van der Waals surface area contributed by atoms with Crippen LogP contribution in [-0.4, -0.2) is 35.2 Å². The second kappa shape index (κ2) is 10.7. The van der Waals surface area contributed by atoms with Gasteiger partial charge in [-0.3, -0.25) is 0 Å². The average Bonchev–Trinajstić information content (AvgIpc) is 3.22. The lowest BCUT2D eigenvalue weighted by Crippen LogP contribution is -2.17. The predicted molar refractivity (Wildman–Crippen MR) is 138 cm³/mol. The Labute approximate surface area is 203 Å². The minimum atomic E-state index is 0.781. The molecule has 4 rings (SSSR count). The van der Waals surface area contributed by atoms with Crippen molar-refractivity contribution < 1.29 is 4.74 Å². The maximum Gasteiger partial charge on any atom is 0.118 e. The molecule has 1 heterocycles. The van der Waals surface area contributed by atoms with Crippen LogP contribution in [0.3, 0.4) is 0 Å². The zero-order valence-electron chi connectivity index (χ0n) is 18.4. The molecule has 0 atom stereocenters. The summed E-state index contributed by atoms with van der Waals surface area (Å²) in [5.74, 6) is 0.867. The normalized spacial score (nSPS) is 11.0. The maximum atomic E-state index is 5.26. The molecule has 4 aromatic rings. The van der Waals surface area contributed by atoms with Gasteiger partial charge >= 0.3 is 0 Å². The molecular weight excluding hydrogens is 511 g/mol. The van der Waals surface area contributed by atoms with Crippen LogP contribution in [0.25, 0.3) is 16.8 Å². The van der Waals surface area contributed by atoms with Gasteiger partial charge in [0.05, 0.1) is 24.2 Å². The summed E-state index contributed by atoms with van der Waals surface area (Å²) in [6.45, 7) is 3.96. The van der Waals surface area contributed by atoms with Crippen molar-refractivity contribution in [1.82, 2.24) is 20.3 Å². The first-order valence-electron chi connectivity index (χ1n) is 10.8. The largest absolute Gasteiger partial charge is 0.497 e. The van der Waals surface area contributed by atoms with Gasteiger partial charge in [-0.2, -0.15) is 0 Å². The summed E-state index contributed by atoms with van der Waals surface area (Å²) in [6, 6.07) is 25.3. The fourth-order valence-electron chi connectivity index (χ4n) is 3.67. The van der Waals surface area contributed by atoms with Crippen LogP contribution in [0.2, 0.25) is 0 Å². The van der Waals surface area contributed by atoms with Crippen LogP contribution in [0, 0.1) is 3.57 Å². The Kier molecular flexibility index (Phi) is 7.55. The van der Waals surface area contributed by atoms with Crippen molar-refractivity contribution in [1.29, 1.82) is 0 Å². The number of nitrogens with zero attached hydrogens (tertiary/aromatic N) is 3. The molecule has 0 bridgehead atoms. The van der Waals surface area contributed by atoms with E-state index in [9.17, 15) is 0 Å². The van der Waals surface area contributed by atoms with E-state index in [0.29, 0.717) is 0 Å². The van der Waals surface area contributed by atoms with Gasteiger partial charge in [0.15, 0.2) is 0 Å². The van der Waals surface area contributed by atoms with E-state index in [1.54, 1.807) is 7.11 Å². The van der Waals surface area contributed by atoms with Gasteiger partial charge in [-0.05, 0) is 82.2 Å². The number of nitrogens with one attached hydrogen (secondary N) is 1. The summed E-state index contributed by atoms with van der Waals surface area (Å²) in [5.41, 5.74) is 6.82. The van der Waals surface area contributed by atoms with Crippen LogP contribution in [-0.2, 0) is 12.8 Å². The van der Waals surface area contributed by atoms with E-state index in [0.717, 1.165) is 48.8 Å². The Morgan fingerprint density at radius 2 is 1.56 bits per heavy atom. The fraction of sp³-hybridized carbons (Fsp3) is 0.231. The van der Waals surface area contributed by atoms with Gasteiger partial charge in [-0.1, -0.05) is 48.5 Å². The number of halogens is 1. The van der Waals surface area contributed by atoms with Crippen molar-refractivity contribution in [3.63, 3.8) is 0 Å². The second-order valence-corrected chi connectivity index (χ2v) is 8.82. The molecule has 0 aliphatic rings. The molecule has 1 aromatic heterocycles. The number of hydrogen-bond donors (Lipinski definition) is 1. The number of rotatable bonds is 9. The van der Waals surface area contributed by atoms with Crippen LogP contribution in [0.1, 0.15) is 23.9 Å². The molecule has 0 saturated heterocycles. The number of hydrogen-bond acceptors (Lipinski definition) is 4. The van der Waals surface area contributed by atoms with Gasteiger partial charge in [0.1, 0.15) is 5.75 Å². The van der Waals surface area contributed by atoms with E-state index in [1.165, 1.54) is 20.3 Å². The topological polar surface area (TPSA) is 52.0 Å². The number of ether oxygens (including phenoxy) is 1. The Hall–Kier alpha value is -2.71. The Morgan fingerprint density at radius 3 is 2.19 bits per heavy atom. The summed E-state index contributed by atoms with van der Waals surface area (Å²) in [4.78, 5) is 0. The molecule has 0 radical (unpaired) electrons. The Morgan fingerprint density at radius 1 is 0.906 bits per heavy atom. The van der Waals surface area contributed by atoms with Crippen molar-refractivity contribution in [2.45, 2.75) is 19.8 Å². The summed E-state index contributed by atoms with van der Waals surface area (Å²) >= 11 is 2.32. The minimum Gasteiger partial charge on any atom is -0.497 e. The smallest absolute Gasteiger partial charge is 0.118 e. The molecule has 0 aliphatic carbocycles. The van der Waals surface area contributed by atoms with Gasteiger partial charge in [-0.25, -0.2) is 4.68 Å². The Balaban J connectivity index is 1.60. The van der Waals surface area contributed by atoms with Crippen LogP contribution in [0.5, 0.6) is 5.75 Å². The highest BCUT2D eigenvalue weighted by atomic mass is 127. The third-order valence-electron chi connectivity index (χ3n) is 5.45. The van der Waals surface area contributed by atoms with Gasteiger partial charge in [0.2, 0.25) is 0 Å². The fourth-order valence-corrected chi connectivity index (χ4v) is 4.03. The van der Waals surface area contributed by atoms with Crippen molar-refractivity contribution in [2.24, 2.45) is 0 Å². The molecule has 0 fully saturated rings. The van der Waals surface area contributed by atoms with E-state index < -0.39 is 0 Å². The van der Waals surface area contributed by atoms with Gasteiger partial charge in [0, 0.05) is 23.0 Å². The molecule has 5 nitrogen and oxygen atoms in total. The molecule has 0 spiro atoms. The first-order chi connectivity index (χ1) is 15.7. The lowest BCUT2D eigenvalue weighted by molar-refractivity contribution is 0.415. The third-order valence-corrected chi connectivity index (χ3v) is 6.17. The van der Waals surface area contributed by atoms with E-state index >= 15 is 0 Å². The average molecular weight is 538 g/mol. The minimum absolute atomic E-state index is 0.781. The second-order valence-electron chi connectivity index (χ2n) is 7.58. The lowest BCUT2D eigenvalue weighted by atomic mass is 10.0.